The van der Waals surface area contributed by atoms with Crippen LogP contribution in [0.4, 0.5) is 10.1 Å². The molecule has 1 unspecified atom stereocenters. The van der Waals surface area contributed by atoms with Crippen molar-refractivity contribution in [2.75, 3.05) is 11.9 Å². The van der Waals surface area contributed by atoms with Crippen LogP contribution in [0, 0.1) is 5.82 Å². The van der Waals surface area contributed by atoms with Crippen LogP contribution in [-0.2, 0) is 5.88 Å². The van der Waals surface area contributed by atoms with E-state index in [1.54, 1.807) is 6.07 Å². The third kappa shape index (κ3) is 3.25. The zero-order chi connectivity index (χ0) is 14.7. The maximum absolute atomic E-state index is 14.1. The van der Waals surface area contributed by atoms with Crippen molar-refractivity contribution in [1.29, 1.82) is 0 Å². The minimum Gasteiger partial charge on any atom is -0.365 e. The van der Waals surface area contributed by atoms with Gasteiger partial charge in [-0.05, 0) is 42.3 Å². The predicted octanol–water partition coefficient (Wildman–Crippen LogP) is 5.42. The lowest BCUT2D eigenvalue weighted by molar-refractivity contribution is 0.610. The monoisotopic (exact) mass is 311 g/mol. The molecule has 0 aromatic heterocycles. The van der Waals surface area contributed by atoms with Crippen LogP contribution in [0.1, 0.15) is 24.1 Å². The molecule has 0 saturated heterocycles. The summed E-state index contributed by atoms with van der Waals surface area (Å²) in [6, 6.07) is 12.7. The summed E-state index contributed by atoms with van der Waals surface area (Å²) in [5.41, 5.74) is 2.42. The van der Waals surface area contributed by atoms with Crippen molar-refractivity contribution < 1.29 is 4.39 Å². The standard InChI is InChI=1S/C16H16Cl2FN/c1-11(13-4-6-14(18)7-5-13)20(2)16-8-3-12(10-17)9-15(16)19/h3-9,11H,10H2,1-2H3. The molecule has 0 aliphatic carbocycles. The van der Waals surface area contributed by atoms with E-state index < -0.39 is 0 Å². The van der Waals surface area contributed by atoms with Crippen molar-refractivity contribution in [3.8, 4) is 0 Å². The van der Waals surface area contributed by atoms with Gasteiger partial charge in [0.2, 0.25) is 0 Å². The van der Waals surface area contributed by atoms with E-state index in [-0.39, 0.29) is 11.9 Å². The number of nitrogens with zero attached hydrogens (tertiary/aromatic N) is 1. The Kier molecular flexibility index (Phi) is 4.90. The average molecular weight is 312 g/mol. The number of halogens is 3. The average Bonchev–Trinajstić information content (AvgIpc) is 2.46. The highest BCUT2D eigenvalue weighted by atomic mass is 35.5. The maximum Gasteiger partial charge on any atom is 0.146 e. The van der Waals surface area contributed by atoms with Gasteiger partial charge in [-0.2, -0.15) is 0 Å². The fourth-order valence-electron chi connectivity index (χ4n) is 2.09. The summed E-state index contributed by atoms with van der Waals surface area (Å²) in [4.78, 5) is 1.90. The highest BCUT2D eigenvalue weighted by Gasteiger charge is 2.15. The van der Waals surface area contributed by atoms with E-state index in [0.717, 1.165) is 11.1 Å². The summed E-state index contributed by atoms with van der Waals surface area (Å²) >= 11 is 11.6. The van der Waals surface area contributed by atoms with Crippen LogP contribution in [0.3, 0.4) is 0 Å². The molecule has 2 rings (SSSR count). The summed E-state index contributed by atoms with van der Waals surface area (Å²) in [6.45, 7) is 2.03. The number of hydrogen-bond acceptors (Lipinski definition) is 1. The lowest BCUT2D eigenvalue weighted by Gasteiger charge is -2.28. The molecule has 0 N–H and O–H groups in total. The molecule has 0 saturated carbocycles. The van der Waals surface area contributed by atoms with Gasteiger partial charge in [-0.25, -0.2) is 4.39 Å². The number of anilines is 1. The third-order valence-corrected chi connectivity index (χ3v) is 4.04. The predicted molar refractivity (Wildman–Crippen MR) is 84.2 cm³/mol. The van der Waals surface area contributed by atoms with Crippen LogP contribution in [0.2, 0.25) is 5.02 Å². The van der Waals surface area contributed by atoms with E-state index >= 15 is 0 Å². The van der Waals surface area contributed by atoms with Gasteiger partial charge in [0.15, 0.2) is 0 Å². The summed E-state index contributed by atoms with van der Waals surface area (Å²) in [5.74, 6) is 0.0552. The highest BCUT2D eigenvalue weighted by Crippen LogP contribution is 2.28. The van der Waals surface area contributed by atoms with E-state index in [9.17, 15) is 4.39 Å². The topological polar surface area (TPSA) is 3.24 Å². The van der Waals surface area contributed by atoms with Crippen molar-refractivity contribution in [3.05, 3.63) is 64.4 Å². The second kappa shape index (κ2) is 6.47. The van der Waals surface area contributed by atoms with Crippen LogP contribution in [0.15, 0.2) is 42.5 Å². The summed E-state index contributed by atoms with van der Waals surface area (Å²) in [7, 11) is 1.87. The smallest absolute Gasteiger partial charge is 0.146 e. The zero-order valence-electron chi connectivity index (χ0n) is 11.4. The molecule has 0 fully saturated rings. The molecular weight excluding hydrogens is 296 g/mol. The minimum atomic E-state index is -0.258. The first-order chi connectivity index (χ1) is 9.52. The van der Waals surface area contributed by atoms with Gasteiger partial charge in [-0.1, -0.05) is 29.8 Å². The van der Waals surface area contributed by atoms with Gasteiger partial charge in [-0.15, -0.1) is 11.6 Å². The molecule has 1 nitrogen and oxygen atoms in total. The highest BCUT2D eigenvalue weighted by molar-refractivity contribution is 6.30. The largest absolute Gasteiger partial charge is 0.365 e. The van der Waals surface area contributed by atoms with Crippen molar-refractivity contribution in [1.82, 2.24) is 0 Å². The lowest BCUT2D eigenvalue weighted by atomic mass is 10.1. The van der Waals surface area contributed by atoms with Crippen molar-refractivity contribution >= 4 is 28.9 Å². The summed E-state index contributed by atoms with van der Waals surface area (Å²) in [5, 5.41) is 0.696. The second-order valence-corrected chi connectivity index (χ2v) is 5.46. The van der Waals surface area contributed by atoms with E-state index in [0.29, 0.717) is 16.6 Å². The second-order valence-electron chi connectivity index (χ2n) is 4.76. The van der Waals surface area contributed by atoms with Crippen molar-refractivity contribution in [3.63, 3.8) is 0 Å². The van der Waals surface area contributed by atoms with Gasteiger partial charge in [0, 0.05) is 18.0 Å². The van der Waals surface area contributed by atoms with E-state index in [2.05, 4.69) is 0 Å². The van der Waals surface area contributed by atoms with Crippen LogP contribution >= 0.6 is 23.2 Å². The van der Waals surface area contributed by atoms with Crippen molar-refractivity contribution in [2.24, 2.45) is 0 Å². The Morgan fingerprint density at radius 1 is 1.15 bits per heavy atom. The molecule has 106 valence electrons. The van der Waals surface area contributed by atoms with Gasteiger partial charge in [0.1, 0.15) is 5.82 Å². The Morgan fingerprint density at radius 3 is 2.35 bits per heavy atom. The Balaban J connectivity index is 2.26. The molecule has 2 aromatic rings. The fourth-order valence-corrected chi connectivity index (χ4v) is 2.39. The quantitative estimate of drug-likeness (QED) is 0.682. The lowest BCUT2D eigenvalue weighted by Crippen LogP contribution is -2.22. The number of alkyl halides is 1. The molecule has 20 heavy (non-hydrogen) atoms. The first-order valence-electron chi connectivity index (χ1n) is 6.35. The van der Waals surface area contributed by atoms with Gasteiger partial charge < -0.3 is 4.90 Å². The number of hydrogen-bond donors (Lipinski definition) is 0. The zero-order valence-corrected chi connectivity index (χ0v) is 12.9. The Hall–Kier alpha value is -1.25. The summed E-state index contributed by atoms with van der Waals surface area (Å²) < 4.78 is 14.1. The first-order valence-corrected chi connectivity index (χ1v) is 7.27. The molecule has 0 amide bonds. The fraction of sp³-hybridized carbons (Fsp3) is 0.250. The first kappa shape index (κ1) is 15.1. The number of benzene rings is 2. The van der Waals surface area contributed by atoms with Crippen LogP contribution in [-0.4, -0.2) is 7.05 Å². The summed E-state index contributed by atoms with van der Waals surface area (Å²) in [6.07, 6.45) is 0. The molecule has 0 aliphatic rings. The van der Waals surface area contributed by atoms with E-state index in [4.69, 9.17) is 23.2 Å². The maximum atomic E-state index is 14.1. The number of rotatable bonds is 4. The normalized spacial score (nSPS) is 12.2. The molecule has 0 radical (unpaired) electrons. The van der Waals surface area contributed by atoms with Crippen LogP contribution < -0.4 is 4.90 Å². The molecule has 1 atom stereocenters. The van der Waals surface area contributed by atoms with E-state index in [1.807, 2.05) is 49.2 Å². The van der Waals surface area contributed by atoms with Gasteiger partial charge in [-0.3, -0.25) is 0 Å². The molecule has 0 heterocycles. The van der Waals surface area contributed by atoms with Gasteiger partial charge >= 0.3 is 0 Å². The third-order valence-electron chi connectivity index (χ3n) is 3.48. The Bertz CT molecular complexity index is 584. The van der Waals surface area contributed by atoms with E-state index in [1.165, 1.54) is 6.07 Å². The molecule has 0 spiro atoms. The molecule has 0 bridgehead atoms. The Morgan fingerprint density at radius 2 is 1.80 bits per heavy atom. The van der Waals surface area contributed by atoms with Gasteiger partial charge in [0.25, 0.3) is 0 Å². The molecule has 0 aliphatic heterocycles. The molecule has 4 heteroatoms. The minimum absolute atomic E-state index is 0.0450. The SMILES string of the molecule is CC(c1ccc(Cl)cc1)N(C)c1ccc(CCl)cc1F. The van der Waals surface area contributed by atoms with Gasteiger partial charge in [0.05, 0.1) is 11.7 Å². The molecular formula is C16H16Cl2FN. The van der Waals surface area contributed by atoms with Crippen LogP contribution in [0.25, 0.3) is 0 Å². The Labute approximate surface area is 128 Å². The molecule has 2 aromatic carbocycles. The van der Waals surface area contributed by atoms with Crippen molar-refractivity contribution in [2.45, 2.75) is 18.8 Å². The van der Waals surface area contributed by atoms with Crippen LogP contribution in [0.5, 0.6) is 0 Å².